The summed E-state index contributed by atoms with van der Waals surface area (Å²) in [5.41, 5.74) is 0.904. The topological polar surface area (TPSA) is 69.0 Å². The Hall–Kier alpha value is -2.37. The molecule has 2 heterocycles. The summed E-state index contributed by atoms with van der Waals surface area (Å²) in [4.78, 5) is 12.4. The number of nitrogens with zero attached hydrogens (tertiary/aromatic N) is 3. The highest BCUT2D eigenvalue weighted by molar-refractivity contribution is 5.79. The van der Waals surface area contributed by atoms with Crippen molar-refractivity contribution >= 4 is 5.91 Å². The van der Waals surface area contributed by atoms with Crippen LogP contribution in [0.25, 0.3) is 0 Å². The molecule has 6 nitrogen and oxygen atoms in total. The van der Waals surface area contributed by atoms with E-state index in [1.54, 1.807) is 7.11 Å². The number of aryl methyl sites for hydroxylation is 1. The quantitative estimate of drug-likeness (QED) is 0.912. The van der Waals surface area contributed by atoms with Crippen molar-refractivity contribution in [3.63, 3.8) is 0 Å². The van der Waals surface area contributed by atoms with Gasteiger partial charge in [-0.3, -0.25) is 4.79 Å². The fraction of sp³-hybridized carbons (Fsp3) is 0.500. The molecule has 2 aromatic rings. The highest BCUT2D eigenvalue weighted by atomic mass is 16.5. The highest BCUT2D eigenvalue weighted by Crippen LogP contribution is 2.21. The molecule has 1 aromatic carbocycles. The lowest BCUT2D eigenvalue weighted by Gasteiger charge is -2.26. The number of hydrogen-bond acceptors (Lipinski definition) is 4. The number of hydrogen-bond donors (Lipinski definition) is 1. The molecule has 24 heavy (non-hydrogen) atoms. The summed E-state index contributed by atoms with van der Waals surface area (Å²) in [5.74, 6) is 3.11. The molecular formula is C18H24N4O2. The van der Waals surface area contributed by atoms with E-state index in [1.165, 1.54) is 0 Å². The number of aromatic nitrogens is 3. The molecule has 1 atom stereocenters. The van der Waals surface area contributed by atoms with Crippen molar-refractivity contribution in [3.8, 4) is 5.75 Å². The third-order valence-electron chi connectivity index (χ3n) is 4.40. The van der Waals surface area contributed by atoms with Gasteiger partial charge in [0.25, 0.3) is 0 Å². The summed E-state index contributed by atoms with van der Waals surface area (Å²) in [6.07, 6.45) is 2.07. The number of carbonyl (C=O) groups excluding carboxylic acids is 1. The standard InChI is InChI=1S/C18H24N4O2/c1-12(2)18-21-20-16-9-8-14(11-22(16)18)19-17(23)10-13-6-4-5-7-15(13)24-3/h4-7,12,14H,8-11H2,1-3H3,(H,19,23)/t14-/m0/s1. The molecule has 1 aliphatic rings. The summed E-state index contributed by atoms with van der Waals surface area (Å²) in [7, 11) is 1.62. The van der Waals surface area contributed by atoms with Gasteiger partial charge in [0.05, 0.1) is 13.5 Å². The van der Waals surface area contributed by atoms with Crippen LogP contribution in [0.1, 0.15) is 43.4 Å². The normalized spacial score (nSPS) is 16.8. The molecule has 6 heteroatoms. The molecule has 0 fully saturated rings. The van der Waals surface area contributed by atoms with Gasteiger partial charge in [-0.05, 0) is 12.5 Å². The van der Waals surface area contributed by atoms with Gasteiger partial charge in [-0.1, -0.05) is 32.0 Å². The predicted molar refractivity (Wildman–Crippen MR) is 91.1 cm³/mol. The third kappa shape index (κ3) is 3.42. The van der Waals surface area contributed by atoms with Crippen molar-refractivity contribution in [2.24, 2.45) is 0 Å². The Bertz CT molecular complexity index is 724. The van der Waals surface area contributed by atoms with Gasteiger partial charge in [-0.25, -0.2) is 0 Å². The van der Waals surface area contributed by atoms with Crippen LogP contribution in [0.2, 0.25) is 0 Å². The van der Waals surface area contributed by atoms with E-state index in [9.17, 15) is 4.79 Å². The maximum absolute atomic E-state index is 12.4. The van der Waals surface area contributed by atoms with Gasteiger partial charge in [0.15, 0.2) is 0 Å². The van der Waals surface area contributed by atoms with Crippen molar-refractivity contribution in [1.82, 2.24) is 20.1 Å². The lowest BCUT2D eigenvalue weighted by Crippen LogP contribution is -2.42. The Balaban J connectivity index is 1.64. The zero-order chi connectivity index (χ0) is 17.1. The largest absolute Gasteiger partial charge is 0.496 e. The summed E-state index contributed by atoms with van der Waals surface area (Å²) >= 11 is 0. The molecule has 0 saturated carbocycles. The van der Waals surface area contributed by atoms with Gasteiger partial charge >= 0.3 is 0 Å². The van der Waals surface area contributed by atoms with Gasteiger partial charge in [0.2, 0.25) is 5.91 Å². The van der Waals surface area contributed by atoms with Crippen LogP contribution >= 0.6 is 0 Å². The first-order valence-corrected chi connectivity index (χ1v) is 8.41. The van der Waals surface area contributed by atoms with Crippen molar-refractivity contribution in [2.45, 2.75) is 51.6 Å². The molecule has 1 amide bonds. The Labute approximate surface area is 142 Å². The second-order valence-electron chi connectivity index (χ2n) is 6.53. The highest BCUT2D eigenvalue weighted by Gasteiger charge is 2.25. The van der Waals surface area contributed by atoms with Crippen molar-refractivity contribution in [2.75, 3.05) is 7.11 Å². The smallest absolute Gasteiger partial charge is 0.224 e. The minimum Gasteiger partial charge on any atom is -0.496 e. The van der Waals surface area contributed by atoms with Crippen LogP contribution in [0.4, 0.5) is 0 Å². The van der Waals surface area contributed by atoms with E-state index >= 15 is 0 Å². The molecule has 128 valence electrons. The van der Waals surface area contributed by atoms with Crippen LogP contribution in [0.5, 0.6) is 5.75 Å². The first-order chi connectivity index (χ1) is 11.6. The molecule has 0 unspecified atom stereocenters. The van der Waals surface area contributed by atoms with Crippen LogP contribution in [0, 0.1) is 0 Å². The van der Waals surface area contributed by atoms with Crippen molar-refractivity contribution < 1.29 is 9.53 Å². The van der Waals surface area contributed by atoms with Crippen LogP contribution in [0.15, 0.2) is 24.3 Å². The number of amides is 1. The summed E-state index contributed by atoms with van der Waals surface area (Å²) in [6.45, 7) is 4.97. The Morgan fingerprint density at radius 2 is 2.17 bits per heavy atom. The minimum absolute atomic E-state index is 0.0205. The minimum atomic E-state index is 0.0205. The lowest BCUT2D eigenvalue weighted by atomic mass is 10.0. The second-order valence-corrected chi connectivity index (χ2v) is 6.53. The zero-order valence-corrected chi connectivity index (χ0v) is 14.5. The summed E-state index contributed by atoms with van der Waals surface area (Å²) < 4.78 is 7.47. The van der Waals surface area contributed by atoms with Gasteiger partial charge in [0, 0.05) is 30.5 Å². The molecule has 0 spiro atoms. The fourth-order valence-corrected chi connectivity index (χ4v) is 3.19. The number of ether oxygens (including phenoxy) is 1. The van der Waals surface area contributed by atoms with Gasteiger partial charge < -0.3 is 14.6 Å². The molecule has 0 aliphatic carbocycles. The van der Waals surface area contributed by atoms with Crippen molar-refractivity contribution in [1.29, 1.82) is 0 Å². The lowest BCUT2D eigenvalue weighted by molar-refractivity contribution is -0.121. The maximum Gasteiger partial charge on any atom is 0.224 e. The van der Waals surface area contributed by atoms with Gasteiger partial charge in [-0.15, -0.1) is 10.2 Å². The number of benzene rings is 1. The number of fused-ring (bicyclic) bond motifs is 1. The Morgan fingerprint density at radius 1 is 1.38 bits per heavy atom. The van der Waals surface area contributed by atoms with Crippen molar-refractivity contribution in [3.05, 3.63) is 41.5 Å². The van der Waals surface area contributed by atoms with E-state index in [1.807, 2.05) is 24.3 Å². The van der Waals surface area contributed by atoms with E-state index in [4.69, 9.17) is 4.74 Å². The predicted octanol–water partition coefficient (Wildman–Crippen LogP) is 2.08. The molecule has 0 bridgehead atoms. The summed E-state index contributed by atoms with van der Waals surface area (Å²) in [6, 6.07) is 7.75. The molecule has 0 saturated heterocycles. The van der Waals surface area contributed by atoms with Gasteiger partial charge in [-0.2, -0.15) is 0 Å². The Kier molecular flexibility index (Phi) is 4.83. The van der Waals surface area contributed by atoms with E-state index in [-0.39, 0.29) is 11.9 Å². The van der Waals surface area contributed by atoms with Crippen LogP contribution in [-0.2, 0) is 24.2 Å². The number of rotatable bonds is 5. The third-order valence-corrected chi connectivity index (χ3v) is 4.40. The van der Waals surface area contributed by atoms with E-state index in [0.717, 1.165) is 42.3 Å². The van der Waals surface area contributed by atoms with Crippen LogP contribution < -0.4 is 10.1 Å². The second kappa shape index (κ2) is 7.03. The first kappa shape index (κ1) is 16.5. The van der Waals surface area contributed by atoms with Gasteiger partial charge in [0.1, 0.15) is 17.4 Å². The molecule has 1 aromatic heterocycles. The summed E-state index contributed by atoms with van der Waals surface area (Å²) in [5, 5.41) is 11.7. The number of nitrogens with one attached hydrogen (secondary N) is 1. The van der Waals surface area contributed by atoms with E-state index in [2.05, 4.69) is 33.9 Å². The number of methoxy groups -OCH3 is 1. The molecular weight excluding hydrogens is 304 g/mol. The molecule has 0 radical (unpaired) electrons. The van der Waals surface area contributed by atoms with E-state index in [0.29, 0.717) is 12.3 Å². The van der Waals surface area contributed by atoms with Crippen LogP contribution in [-0.4, -0.2) is 33.8 Å². The monoisotopic (exact) mass is 328 g/mol. The average Bonchev–Trinajstić information content (AvgIpc) is 2.98. The SMILES string of the molecule is COc1ccccc1CC(=O)N[C@H]1CCc2nnc(C(C)C)n2C1. The van der Waals surface area contributed by atoms with E-state index < -0.39 is 0 Å². The number of carbonyl (C=O) groups is 1. The molecule has 1 aliphatic heterocycles. The zero-order valence-electron chi connectivity index (χ0n) is 14.5. The average molecular weight is 328 g/mol. The molecule has 1 N–H and O–H groups in total. The number of para-hydroxylation sites is 1. The Morgan fingerprint density at radius 3 is 2.92 bits per heavy atom. The maximum atomic E-state index is 12.4. The first-order valence-electron chi connectivity index (χ1n) is 8.41. The molecule has 3 rings (SSSR count). The van der Waals surface area contributed by atoms with Crippen LogP contribution in [0.3, 0.4) is 0 Å². The fourth-order valence-electron chi connectivity index (χ4n) is 3.19.